The molecule has 0 saturated heterocycles. The number of rotatable bonds is 6. The van der Waals surface area contributed by atoms with Crippen LogP contribution >= 0.6 is 0 Å². The first-order valence-corrected chi connectivity index (χ1v) is 9.40. The summed E-state index contributed by atoms with van der Waals surface area (Å²) >= 11 is 0. The van der Waals surface area contributed by atoms with Crippen molar-refractivity contribution >= 4 is 0 Å². The second-order valence-corrected chi connectivity index (χ2v) is 8.37. The van der Waals surface area contributed by atoms with E-state index in [0.717, 1.165) is 28.8 Å². The molecule has 3 aliphatic carbocycles. The number of aromatic nitrogens is 5. The highest BCUT2D eigenvalue weighted by Crippen LogP contribution is 2.80. The van der Waals surface area contributed by atoms with Crippen molar-refractivity contribution in [3.8, 4) is 0 Å². The molecule has 3 aromatic rings. The Hall–Kier alpha value is -2.88. The minimum Gasteiger partial charge on any atom is -0.377 e. The van der Waals surface area contributed by atoms with Gasteiger partial charge in [0.05, 0.1) is 6.54 Å². The SMILES string of the molecule is OC(Cn1cnnn1)(c1ccc(F)cc1F)C(F)(F)C12CC(c3ccccn3)(C1)C2. The molecule has 156 valence electrons. The standard InChI is InChI=1S/C20H17F4N5O/c21-13-4-5-14(15(22)7-13)19(30,11-29-12-26-27-28-29)20(23,24)18-8-17(9-18,10-18)16-3-1-2-6-25-16/h1-7,12,30H,8-11H2. The topological polar surface area (TPSA) is 76.7 Å². The van der Waals surface area contributed by atoms with Crippen LogP contribution < -0.4 is 0 Å². The fourth-order valence-corrected chi connectivity index (χ4v) is 5.17. The Kier molecular flexibility index (Phi) is 3.86. The minimum atomic E-state index is -3.73. The van der Waals surface area contributed by atoms with Crippen molar-refractivity contribution in [1.29, 1.82) is 0 Å². The highest BCUT2D eigenvalue weighted by atomic mass is 19.3. The Labute approximate surface area is 168 Å². The molecule has 1 N–H and O–H groups in total. The second kappa shape index (κ2) is 6.07. The summed E-state index contributed by atoms with van der Waals surface area (Å²) in [6.45, 7) is -0.784. The molecule has 0 radical (unpaired) electrons. The summed E-state index contributed by atoms with van der Waals surface area (Å²) in [6.07, 6.45) is 3.02. The third kappa shape index (κ3) is 2.39. The zero-order valence-electron chi connectivity index (χ0n) is 15.6. The lowest BCUT2D eigenvalue weighted by molar-refractivity contribution is -0.348. The van der Waals surface area contributed by atoms with Crippen molar-refractivity contribution < 1.29 is 22.7 Å². The highest BCUT2D eigenvalue weighted by Gasteiger charge is 2.82. The van der Waals surface area contributed by atoms with Gasteiger partial charge in [-0.25, -0.2) is 22.2 Å². The summed E-state index contributed by atoms with van der Waals surface area (Å²) in [5.41, 5.74) is -4.91. The van der Waals surface area contributed by atoms with Crippen LogP contribution in [-0.2, 0) is 17.6 Å². The van der Waals surface area contributed by atoms with Crippen molar-refractivity contribution in [1.82, 2.24) is 25.2 Å². The molecule has 0 spiro atoms. The van der Waals surface area contributed by atoms with E-state index in [1.54, 1.807) is 24.4 Å². The Balaban J connectivity index is 1.53. The van der Waals surface area contributed by atoms with E-state index in [1.807, 2.05) is 0 Å². The van der Waals surface area contributed by atoms with E-state index in [1.165, 1.54) is 0 Å². The van der Waals surface area contributed by atoms with E-state index in [2.05, 4.69) is 20.5 Å². The smallest absolute Gasteiger partial charge is 0.287 e. The number of tetrazole rings is 1. The molecular formula is C20H17F4N5O. The largest absolute Gasteiger partial charge is 0.377 e. The zero-order valence-corrected chi connectivity index (χ0v) is 15.6. The molecule has 1 atom stereocenters. The molecule has 2 bridgehead atoms. The fourth-order valence-electron chi connectivity index (χ4n) is 5.17. The van der Waals surface area contributed by atoms with Gasteiger partial charge in [-0.3, -0.25) is 4.98 Å². The normalized spacial score (nSPS) is 27.1. The van der Waals surface area contributed by atoms with Crippen LogP contribution in [-0.4, -0.2) is 36.2 Å². The van der Waals surface area contributed by atoms with Gasteiger partial charge in [-0.1, -0.05) is 6.07 Å². The molecule has 3 saturated carbocycles. The highest BCUT2D eigenvalue weighted by molar-refractivity contribution is 5.40. The van der Waals surface area contributed by atoms with E-state index in [4.69, 9.17) is 0 Å². The lowest BCUT2D eigenvalue weighted by Crippen LogP contribution is -2.76. The van der Waals surface area contributed by atoms with Gasteiger partial charge in [0.1, 0.15) is 18.0 Å². The third-order valence-electron chi connectivity index (χ3n) is 6.58. The number of hydrogen-bond donors (Lipinski definition) is 1. The van der Waals surface area contributed by atoms with Crippen LogP contribution in [0, 0.1) is 17.0 Å². The van der Waals surface area contributed by atoms with Crippen LogP contribution in [0.1, 0.15) is 30.5 Å². The number of alkyl halides is 2. The van der Waals surface area contributed by atoms with Gasteiger partial charge in [0.15, 0.2) is 5.60 Å². The van der Waals surface area contributed by atoms with E-state index < -0.39 is 46.1 Å². The Morgan fingerprint density at radius 3 is 2.47 bits per heavy atom. The molecular weight excluding hydrogens is 402 g/mol. The summed E-state index contributed by atoms with van der Waals surface area (Å²) in [5, 5.41) is 21.6. The first-order valence-electron chi connectivity index (χ1n) is 9.40. The second-order valence-electron chi connectivity index (χ2n) is 8.37. The lowest BCUT2D eigenvalue weighted by Gasteiger charge is -2.73. The number of hydrogen-bond acceptors (Lipinski definition) is 5. The first-order chi connectivity index (χ1) is 14.2. The summed E-state index contributed by atoms with van der Waals surface area (Å²) in [7, 11) is 0. The lowest BCUT2D eigenvalue weighted by atomic mass is 9.31. The maximum atomic E-state index is 16.0. The molecule has 30 heavy (non-hydrogen) atoms. The van der Waals surface area contributed by atoms with Crippen LogP contribution in [0.25, 0.3) is 0 Å². The molecule has 0 amide bonds. The third-order valence-corrected chi connectivity index (χ3v) is 6.58. The van der Waals surface area contributed by atoms with Crippen molar-refractivity contribution in [2.45, 2.75) is 42.7 Å². The number of nitrogens with zero attached hydrogens (tertiary/aromatic N) is 5. The van der Waals surface area contributed by atoms with Crippen LogP contribution in [0.4, 0.5) is 17.6 Å². The maximum absolute atomic E-state index is 16.0. The zero-order chi connectivity index (χ0) is 21.2. The molecule has 0 aliphatic heterocycles. The maximum Gasteiger partial charge on any atom is 0.287 e. The van der Waals surface area contributed by atoms with Crippen LogP contribution in [0.2, 0.25) is 0 Å². The predicted molar refractivity (Wildman–Crippen MR) is 95.2 cm³/mol. The molecule has 6 rings (SSSR count). The number of pyridine rings is 1. The number of benzene rings is 1. The summed E-state index contributed by atoms with van der Waals surface area (Å²) in [6, 6.07) is 7.53. The molecule has 1 unspecified atom stereocenters. The molecule has 1 aromatic carbocycles. The van der Waals surface area contributed by atoms with Crippen LogP contribution in [0.3, 0.4) is 0 Å². The summed E-state index contributed by atoms with van der Waals surface area (Å²) < 4.78 is 60.8. The first kappa shape index (κ1) is 19.1. The van der Waals surface area contributed by atoms with Crippen molar-refractivity contribution in [2.75, 3.05) is 0 Å². The predicted octanol–water partition coefficient (Wildman–Crippen LogP) is 2.99. The quantitative estimate of drug-likeness (QED) is 0.622. The summed E-state index contributed by atoms with van der Waals surface area (Å²) in [5.74, 6) is -5.92. The van der Waals surface area contributed by atoms with Gasteiger partial charge >= 0.3 is 0 Å². The van der Waals surface area contributed by atoms with Crippen molar-refractivity contribution in [3.63, 3.8) is 0 Å². The average molecular weight is 419 g/mol. The molecule has 3 fully saturated rings. The average Bonchev–Trinajstić information content (AvgIpc) is 3.12. The Morgan fingerprint density at radius 2 is 1.87 bits per heavy atom. The fraction of sp³-hybridized carbons (Fsp3) is 0.400. The van der Waals surface area contributed by atoms with Crippen molar-refractivity contribution in [3.05, 3.63) is 71.8 Å². The van der Waals surface area contributed by atoms with Crippen LogP contribution in [0.15, 0.2) is 48.9 Å². The minimum absolute atomic E-state index is 0.116. The van der Waals surface area contributed by atoms with Gasteiger partial charge in [0.25, 0.3) is 5.92 Å². The van der Waals surface area contributed by atoms with Gasteiger partial charge in [-0.05, 0) is 54.0 Å². The molecule has 2 aromatic heterocycles. The molecule has 3 aliphatic rings. The number of aliphatic hydroxyl groups is 1. The number of halogens is 4. The van der Waals surface area contributed by atoms with Gasteiger partial charge in [-0.15, -0.1) is 5.10 Å². The summed E-state index contributed by atoms with van der Waals surface area (Å²) in [4.78, 5) is 4.29. The van der Waals surface area contributed by atoms with Gasteiger partial charge in [0.2, 0.25) is 0 Å². The van der Waals surface area contributed by atoms with Gasteiger partial charge < -0.3 is 5.11 Å². The van der Waals surface area contributed by atoms with E-state index in [9.17, 15) is 13.9 Å². The Morgan fingerprint density at radius 1 is 1.10 bits per heavy atom. The Bertz CT molecular complexity index is 1070. The monoisotopic (exact) mass is 419 g/mol. The van der Waals surface area contributed by atoms with E-state index >= 15 is 8.78 Å². The molecule has 10 heteroatoms. The van der Waals surface area contributed by atoms with Crippen molar-refractivity contribution in [2.24, 2.45) is 5.41 Å². The molecule has 2 heterocycles. The van der Waals surface area contributed by atoms with Crippen LogP contribution in [0.5, 0.6) is 0 Å². The molecule has 6 nitrogen and oxygen atoms in total. The van der Waals surface area contributed by atoms with E-state index in [-0.39, 0.29) is 19.3 Å². The van der Waals surface area contributed by atoms with Gasteiger partial charge in [0, 0.05) is 34.4 Å². The van der Waals surface area contributed by atoms with Gasteiger partial charge in [-0.2, -0.15) is 0 Å². The van der Waals surface area contributed by atoms with E-state index in [0.29, 0.717) is 6.07 Å².